The molecule has 4 heterocycles. The van der Waals surface area contributed by atoms with Gasteiger partial charge in [0.25, 0.3) is 0 Å². The topological polar surface area (TPSA) is 78.9 Å². The Morgan fingerprint density at radius 1 is 1.33 bits per heavy atom. The van der Waals surface area contributed by atoms with Crippen molar-refractivity contribution in [3.05, 3.63) is 29.2 Å². The van der Waals surface area contributed by atoms with Gasteiger partial charge in [-0.25, -0.2) is 0 Å². The molecule has 0 aliphatic carbocycles. The first-order valence-corrected chi connectivity index (χ1v) is 11.0. The van der Waals surface area contributed by atoms with Gasteiger partial charge in [0.05, 0.1) is 22.8 Å². The Kier molecular flexibility index (Phi) is 5.60. The molecular weight excluding hydrogens is 382 g/mol. The van der Waals surface area contributed by atoms with Crippen LogP contribution in [-0.4, -0.2) is 37.6 Å². The molecule has 0 unspecified atom stereocenters. The third-order valence-corrected chi connectivity index (χ3v) is 6.41. The molecule has 1 aliphatic rings. The van der Waals surface area contributed by atoms with Gasteiger partial charge in [-0.1, -0.05) is 36.8 Å². The third-order valence-electron chi connectivity index (χ3n) is 4.47. The van der Waals surface area contributed by atoms with E-state index in [4.69, 9.17) is 9.26 Å². The fourth-order valence-electron chi connectivity index (χ4n) is 2.98. The van der Waals surface area contributed by atoms with Crippen LogP contribution in [0.25, 0.3) is 10.7 Å². The summed E-state index contributed by atoms with van der Waals surface area (Å²) in [6, 6.07) is 4.11. The Labute approximate surface area is 166 Å². The van der Waals surface area contributed by atoms with Crippen LogP contribution in [0.2, 0.25) is 0 Å². The monoisotopic (exact) mass is 405 g/mol. The molecule has 4 rings (SSSR count). The number of aromatic nitrogens is 5. The fraction of sp³-hybridized carbons (Fsp3) is 0.556. The minimum Gasteiger partial charge on any atom is -0.376 e. The molecule has 0 N–H and O–H groups in total. The van der Waals surface area contributed by atoms with Crippen LogP contribution in [0.15, 0.2) is 27.2 Å². The average Bonchev–Trinajstić information content (AvgIpc) is 3.44. The van der Waals surface area contributed by atoms with Gasteiger partial charge in [0, 0.05) is 12.5 Å². The van der Waals surface area contributed by atoms with E-state index in [0.29, 0.717) is 5.89 Å². The fourth-order valence-corrected chi connectivity index (χ4v) is 4.58. The standard InChI is InChI=1S/C18H23N5O2S2/c1-11(2)15-19-17(25-22-15)12(3)27-18-21-20-16(14-7-5-9-26-14)23(18)10-13-6-4-8-24-13/h5,7,9,11-13H,4,6,8,10H2,1-3H3/t12-,13-/m1/s1. The first kappa shape index (κ1) is 18.6. The number of thioether (sulfide) groups is 1. The lowest BCUT2D eigenvalue weighted by molar-refractivity contribution is 0.0953. The van der Waals surface area contributed by atoms with Crippen LogP contribution >= 0.6 is 23.1 Å². The lowest BCUT2D eigenvalue weighted by atomic mass is 10.2. The minimum absolute atomic E-state index is 0.00590. The number of nitrogens with zero attached hydrogens (tertiary/aromatic N) is 5. The van der Waals surface area contributed by atoms with Crippen molar-refractivity contribution in [3.8, 4) is 10.7 Å². The van der Waals surface area contributed by atoms with E-state index in [9.17, 15) is 0 Å². The van der Waals surface area contributed by atoms with Crippen molar-refractivity contribution in [1.29, 1.82) is 0 Å². The number of hydrogen-bond acceptors (Lipinski definition) is 8. The van der Waals surface area contributed by atoms with E-state index >= 15 is 0 Å². The molecule has 0 bridgehead atoms. The lowest BCUT2D eigenvalue weighted by Gasteiger charge is -2.15. The molecule has 0 radical (unpaired) electrons. The molecular formula is C18H23N5O2S2. The summed E-state index contributed by atoms with van der Waals surface area (Å²) in [6.07, 6.45) is 2.40. The van der Waals surface area contributed by atoms with Crippen LogP contribution in [0.5, 0.6) is 0 Å². The summed E-state index contributed by atoms with van der Waals surface area (Å²) in [5.74, 6) is 2.49. The van der Waals surface area contributed by atoms with Gasteiger partial charge < -0.3 is 9.26 Å². The molecule has 3 aromatic heterocycles. The van der Waals surface area contributed by atoms with E-state index in [1.807, 2.05) is 6.07 Å². The van der Waals surface area contributed by atoms with Crippen molar-refractivity contribution in [2.45, 2.75) is 62.6 Å². The van der Waals surface area contributed by atoms with Crippen LogP contribution in [-0.2, 0) is 11.3 Å². The van der Waals surface area contributed by atoms with E-state index in [0.717, 1.165) is 47.7 Å². The van der Waals surface area contributed by atoms with Gasteiger partial charge >= 0.3 is 0 Å². The first-order valence-electron chi connectivity index (χ1n) is 9.20. The predicted octanol–water partition coefficient (Wildman–Crippen LogP) is 4.55. The quantitative estimate of drug-likeness (QED) is 0.534. The van der Waals surface area contributed by atoms with Gasteiger partial charge in [-0.3, -0.25) is 4.57 Å². The second kappa shape index (κ2) is 8.12. The summed E-state index contributed by atoms with van der Waals surface area (Å²) < 4.78 is 13.5. The Balaban J connectivity index is 1.59. The Bertz CT molecular complexity index is 868. The van der Waals surface area contributed by atoms with Gasteiger partial charge in [-0.15, -0.1) is 21.5 Å². The normalized spacial score (nSPS) is 18.4. The number of hydrogen-bond donors (Lipinski definition) is 0. The summed E-state index contributed by atoms with van der Waals surface area (Å²) in [5.41, 5.74) is 0. The summed E-state index contributed by atoms with van der Waals surface area (Å²) in [6.45, 7) is 7.75. The highest BCUT2D eigenvalue weighted by Crippen LogP contribution is 2.36. The second-order valence-electron chi connectivity index (χ2n) is 6.93. The molecule has 0 saturated carbocycles. The molecule has 7 nitrogen and oxygen atoms in total. The molecule has 27 heavy (non-hydrogen) atoms. The highest BCUT2D eigenvalue weighted by atomic mass is 32.2. The molecule has 0 aromatic carbocycles. The maximum atomic E-state index is 5.85. The molecule has 3 aromatic rings. The van der Waals surface area contributed by atoms with Crippen molar-refractivity contribution in [2.75, 3.05) is 6.61 Å². The zero-order valence-corrected chi connectivity index (χ0v) is 17.3. The molecule has 1 aliphatic heterocycles. The minimum atomic E-state index is -0.00590. The molecule has 1 fully saturated rings. The largest absolute Gasteiger partial charge is 0.376 e. The van der Waals surface area contributed by atoms with Gasteiger partial charge in [0.15, 0.2) is 16.8 Å². The van der Waals surface area contributed by atoms with Gasteiger partial charge in [-0.05, 0) is 31.2 Å². The van der Waals surface area contributed by atoms with Gasteiger partial charge in [0.2, 0.25) is 5.89 Å². The lowest BCUT2D eigenvalue weighted by Crippen LogP contribution is -2.16. The molecule has 1 saturated heterocycles. The van der Waals surface area contributed by atoms with Crippen molar-refractivity contribution in [3.63, 3.8) is 0 Å². The van der Waals surface area contributed by atoms with E-state index in [-0.39, 0.29) is 17.3 Å². The highest BCUT2D eigenvalue weighted by molar-refractivity contribution is 7.99. The summed E-state index contributed by atoms with van der Waals surface area (Å²) in [4.78, 5) is 5.63. The number of rotatable bonds is 7. The molecule has 9 heteroatoms. The van der Waals surface area contributed by atoms with Gasteiger partial charge in [0.1, 0.15) is 0 Å². The van der Waals surface area contributed by atoms with Crippen molar-refractivity contribution >= 4 is 23.1 Å². The van der Waals surface area contributed by atoms with Crippen molar-refractivity contribution in [2.24, 2.45) is 0 Å². The molecule has 2 atom stereocenters. The Morgan fingerprint density at radius 2 is 2.22 bits per heavy atom. The third kappa shape index (κ3) is 4.09. The Hall–Kier alpha value is -1.71. The van der Waals surface area contributed by atoms with Crippen molar-refractivity contribution in [1.82, 2.24) is 24.9 Å². The SMILES string of the molecule is CC(C)c1noc([C@@H](C)Sc2nnc(-c3cccs3)n2C[C@H]2CCCO2)n1. The van der Waals surface area contributed by atoms with Crippen LogP contribution in [0.3, 0.4) is 0 Å². The van der Waals surface area contributed by atoms with Crippen LogP contribution in [0.4, 0.5) is 0 Å². The van der Waals surface area contributed by atoms with Crippen LogP contribution in [0, 0.1) is 0 Å². The summed E-state index contributed by atoms with van der Waals surface area (Å²) in [5, 5.41) is 15.9. The second-order valence-corrected chi connectivity index (χ2v) is 9.19. The first-order chi connectivity index (χ1) is 13.1. The van der Waals surface area contributed by atoms with E-state index in [1.54, 1.807) is 23.1 Å². The number of ether oxygens (including phenoxy) is 1. The smallest absolute Gasteiger partial charge is 0.239 e. The summed E-state index contributed by atoms with van der Waals surface area (Å²) in [7, 11) is 0. The zero-order chi connectivity index (χ0) is 18.8. The highest BCUT2D eigenvalue weighted by Gasteiger charge is 2.25. The van der Waals surface area contributed by atoms with E-state index in [1.165, 1.54) is 0 Å². The van der Waals surface area contributed by atoms with Crippen molar-refractivity contribution < 1.29 is 9.26 Å². The van der Waals surface area contributed by atoms with Crippen LogP contribution in [0.1, 0.15) is 56.5 Å². The predicted molar refractivity (Wildman–Crippen MR) is 105 cm³/mol. The maximum absolute atomic E-state index is 5.85. The average molecular weight is 406 g/mol. The molecule has 0 amide bonds. The molecule has 0 spiro atoms. The van der Waals surface area contributed by atoms with E-state index in [2.05, 4.69) is 57.1 Å². The zero-order valence-electron chi connectivity index (χ0n) is 15.7. The number of thiophene rings is 1. The maximum Gasteiger partial charge on any atom is 0.239 e. The molecule has 144 valence electrons. The summed E-state index contributed by atoms with van der Waals surface area (Å²) >= 11 is 3.26. The van der Waals surface area contributed by atoms with E-state index < -0.39 is 0 Å². The van der Waals surface area contributed by atoms with Gasteiger partial charge in [-0.2, -0.15) is 4.98 Å². The van der Waals surface area contributed by atoms with Crippen LogP contribution < -0.4 is 0 Å². The Morgan fingerprint density at radius 3 is 2.89 bits per heavy atom.